The molecule has 26 heavy (non-hydrogen) atoms. The smallest absolute Gasteiger partial charge is 0.270 e. The molecule has 4 rings (SSSR count). The highest BCUT2D eigenvalue weighted by molar-refractivity contribution is 6.03. The summed E-state index contributed by atoms with van der Waals surface area (Å²) in [5, 5.41) is 11.7. The van der Waals surface area contributed by atoms with E-state index < -0.39 is 4.92 Å². The topological polar surface area (TPSA) is 94.5 Å². The van der Waals surface area contributed by atoms with Crippen LogP contribution in [0.2, 0.25) is 0 Å². The summed E-state index contributed by atoms with van der Waals surface area (Å²) < 4.78 is 5.45. The quantitative estimate of drug-likeness (QED) is 0.576. The van der Waals surface area contributed by atoms with E-state index in [0.717, 1.165) is 30.0 Å². The highest BCUT2D eigenvalue weighted by atomic mass is 16.6. The molecule has 0 radical (unpaired) electrons. The van der Waals surface area contributed by atoms with E-state index in [1.807, 2.05) is 30.3 Å². The molecule has 1 aliphatic heterocycles. The summed E-state index contributed by atoms with van der Waals surface area (Å²) in [6.45, 7) is 2.72. The van der Waals surface area contributed by atoms with Gasteiger partial charge in [-0.1, -0.05) is 30.3 Å². The van der Waals surface area contributed by atoms with Crippen LogP contribution in [-0.2, 0) is 4.74 Å². The first-order valence-electron chi connectivity index (χ1n) is 8.41. The van der Waals surface area contributed by atoms with Crippen LogP contribution in [0.3, 0.4) is 0 Å². The molecule has 132 valence electrons. The lowest BCUT2D eigenvalue weighted by molar-refractivity contribution is -0.384. The summed E-state index contributed by atoms with van der Waals surface area (Å²) in [7, 11) is 0. The van der Waals surface area contributed by atoms with Crippen molar-refractivity contribution in [1.29, 1.82) is 0 Å². The zero-order valence-electron chi connectivity index (χ0n) is 14.1. The molecule has 2 heterocycles. The Morgan fingerprint density at radius 2 is 1.85 bits per heavy atom. The third kappa shape index (κ3) is 2.82. The molecule has 7 heteroatoms. The third-order valence-corrected chi connectivity index (χ3v) is 4.57. The number of morpholine rings is 1. The van der Waals surface area contributed by atoms with Crippen molar-refractivity contribution in [3.05, 3.63) is 58.6 Å². The van der Waals surface area contributed by atoms with Gasteiger partial charge < -0.3 is 15.4 Å². The Kier molecular flexibility index (Phi) is 4.14. The maximum atomic E-state index is 11.1. The number of ether oxygens (including phenoxy) is 1. The molecule has 0 unspecified atom stereocenters. The van der Waals surface area contributed by atoms with Gasteiger partial charge in [-0.05, 0) is 11.6 Å². The van der Waals surface area contributed by atoms with Gasteiger partial charge in [-0.15, -0.1) is 0 Å². The van der Waals surface area contributed by atoms with Gasteiger partial charge in [0.25, 0.3) is 5.69 Å². The Hall–Kier alpha value is -3.19. The lowest BCUT2D eigenvalue weighted by atomic mass is 10.0. The number of nitrogens with zero attached hydrogens (tertiary/aromatic N) is 3. The maximum absolute atomic E-state index is 11.1. The summed E-state index contributed by atoms with van der Waals surface area (Å²) in [6, 6.07) is 14.4. The van der Waals surface area contributed by atoms with Crippen LogP contribution in [-0.4, -0.2) is 36.2 Å². The maximum Gasteiger partial charge on any atom is 0.270 e. The third-order valence-electron chi connectivity index (χ3n) is 4.57. The minimum atomic E-state index is -0.420. The van der Waals surface area contributed by atoms with Crippen LogP contribution in [0.5, 0.6) is 0 Å². The zero-order valence-corrected chi connectivity index (χ0v) is 14.1. The fourth-order valence-electron chi connectivity index (χ4n) is 3.27. The van der Waals surface area contributed by atoms with E-state index in [1.165, 1.54) is 12.1 Å². The van der Waals surface area contributed by atoms with Crippen molar-refractivity contribution in [3.63, 3.8) is 0 Å². The van der Waals surface area contributed by atoms with Crippen LogP contribution in [0.4, 0.5) is 17.2 Å². The van der Waals surface area contributed by atoms with E-state index in [9.17, 15) is 10.1 Å². The second-order valence-corrected chi connectivity index (χ2v) is 6.15. The van der Waals surface area contributed by atoms with Crippen LogP contribution in [0.1, 0.15) is 0 Å². The molecule has 0 saturated carbocycles. The van der Waals surface area contributed by atoms with Crippen LogP contribution in [0.15, 0.2) is 48.5 Å². The van der Waals surface area contributed by atoms with E-state index in [4.69, 9.17) is 15.5 Å². The molecule has 0 amide bonds. The number of nitro benzene ring substituents is 1. The van der Waals surface area contributed by atoms with Gasteiger partial charge in [-0.3, -0.25) is 10.1 Å². The number of non-ortho nitro benzene ring substituents is 1. The van der Waals surface area contributed by atoms with Gasteiger partial charge in [-0.2, -0.15) is 0 Å². The first-order valence-corrected chi connectivity index (χ1v) is 8.41. The van der Waals surface area contributed by atoms with E-state index in [2.05, 4.69) is 4.90 Å². The highest BCUT2D eigenvalue weighted by Gasteiger charge is 2.22. The normalized spacial score (nSPS) is 14.5. The molecule has 0 spiro atoms. The van der Waals surface area contributed by atoms with Crippen molar-refractivity contribution in [2.75, 3.05) is 36.9 Å². The SMILES string of the molecule is Nc1c(-c2ccccc2)c(N2CCOCC2)nc2ccc([N+](=O)[O-])cc12. The van der Waals surface area contributed by atoms with Gasteiger partial charge in [0.05, 0.1) is 29.3 Å². The molecule has 1 aromatic heterocycles. The first-order chi connectivity index (χ1) is 12.6. The van der Waals surface area contributed by atoms with E-state index >= 15 is 0 Å². The number of hydrogen-bond donors (Lipinski definition) is 1. The Morgan fingerprint density at radius 1 is 1.12 bits per heavy atom. The summed E-state index contributed by atoms with van der Waals surface area (Å²) in [6.07, 6.45) is 0. The number of nitro groups is 1. The lowest BCUT2D eigenvalue weighted by Gasteiger charge is -2.30. The minimum Gasteiger partial charge on any atom is -0.398 e. The van der Waals surface area contributed by atoms with E-state index in [0.29, 0.717) is 29.8 Å². The molecule has 1 fully saturated rings. The molecule has 1 aliphatic rings. The standard InChI is InChI=1S/C19H18N4O3/c20-18-15-12-14(23(24)25)6-7-16(15)21-19(22-8-10-26-11-9-22)17(18)13-4-2-1-3-5-13/h1-7,12H,8-11H2,(H2,20,21). The molecule has 3 aromatic rings. The molecule has 0 aliphatic carbocycles. The molecule has 2 N–H and O–H groups in total. The van der Waals surface area contributed by atoms with Crippen molar-refractivity contribution >= 4 is 28.1 Å². The van der Waals surface area contributed by atoms with Gasteiger partial charge in [-0.25, -0.2) is 4.98 Å². The van der Waals surface area contributed by atoms with Crippen LogP contribution < -0.4 is 10.6 Å². The molecule has 0 atom stereocenters. The number of aromatic nitrogens is 1. The molecule has 0 bridgehead atoms. The second-order valence-electron chi connectivity index (χ2n) is 6.15. The predicted molar refractivity (Wildman–Crippen MR) is 101 cm³/mol. The minimum absolute atomic E-state index is 0.00383. The van der Waals surface area contributed by atoms with Crippen molar-refractivity contribution in [3.8, 4) is 11.1 Å². The van der Waals surface area contributed by atoms with Gasteiger partial charge in [0.15, 0.2) is 0 Å². The van der Waals surface area contributed by atoms with E-state index in [-0.39, 0.29) is 5.69 Å². The van der Waals surface area contributed by atoms with Crippen molar-refractivity contribution in [1.82, 2.24) is 4.98 Å². The Balaban J connectivity index is 1.99. The van der Waals surface area contributed by atoms with Crippen LogP contribution >= 0.6 is 0 Å². The van der Waals surface area contributed by atoms with Gasteiger partial charge in [0, 0.05) is 36.2 Å². The summed E-state index contributed by atoms with van der Waals surface area (Å²) in [4.78, 5) is 17.7. The number of hydrogen-bond acceptors (Lipinski definition) is 6. The summed E-state index contributed by atoms with van der Waals surface area (Å²) in [5.74, 6) is 0.790. The van der Waals surface area contributed by atoms with Gasteiger partial charge >= 0.3 is 0 Å². The molecular weight excluding hydrogens is 332 g/mol. The predicted octanol–water partition coefficient (Wildman–Crippen LogP) is 3.23. The molecule has 7 nitrogen and oxygen atoms in total. The van der Waals surface area contributed by atoms with Crippen molar-refractivity contribution in [2.45, 2.75) is 0 Å². The number of rotatable bonds is 3. The van der Waals surface area contributed by atoms with Crippen LogP contribution in [0.25, 0.3) is 22.0 Å². The second kappa shape index (κ2) is 6.61. The number of benzene rings is 2. The molecule has 2 aromatic carbocycles. The van der Waals surface area contributed by atoms with Gasteiger partial charge in [0.1, 0.15) is 5.82 Å². The van der Waals surface area contributed by atoms with Crippen molar-refractivity contribution in [2.24, 2.45) is 0 Å². The number of fused-ring (bicyclic) bond motifs is 1. The van der Waals surface area contributed by atoms with E-state index in [1.54, 1.807) is 6.07 Å². The lowest BCUT2D eigenvalue weighted by Crippen LogP contribution is -2.37. The Labute approximate surface area is 150 Å². The fourth-order valence-corrected chi connectivity index (χ4v) is 3.27. The molecule has 1 saturated heterocycles. The molecular formula is C19H18N4O3. The Morgan fingerprint density at radius 3 is 2.54 bits per heavy atom. The zero-order chi connectivity index (χ0) is 18.1. The summed E-state index contributed by atoms with van der Waals surface area (Å²) in [5.41, 5.74) is 9.41. The van der Waals surface area contributed by atoms with Crippen LogP contribution in [0, 0.1) is 10.1 Å². The largest absolute Gasteiger partial charge is 0.398 e. The Bertz CT molecular complexity index is 969. The number of nitrogens with two attached hydrogens (primary N) is 1. The average molecular weight is 350 g/mol. The summed E-state index contributed by atoms with van der Waals surface area (Å²) >= 11 is 0. The monoisotopic (exact) mass is 350 g/mol. The average Bonchev–Trinajstić information content (AvgIpc) is 2.69. The highest BCUT2D eigenvalue weighted by Crippen LogP contribution is 2.40. The number of nitrogen functional groups attached to an aromatic ring is 1. The van der Waals surface area contributed by atoms with Crippen molar-refractivity contribution < 1.29 is 9.66 Å². The van der Waals surface area contributed by atoms with Gasteiger partial charge in [0.2, 0.25) is 0 Å². The first kappa shape index (κ1) is 16.3. The fraction of sp³-hybridized carbons (Fsp3) is 0.211. The number of anilines is 2. The number of pyridine rings is 1.